The van der Waals surface area contributed by atoms with Crippen LogP contribution < -0.4 is 0 Å². The third-order valence-electron chi connectivity index (χ3n) is 4.12. The third-order valence-corrected chi connectivity index (χ3v) is 5.09. The number of nitrogens with zero attached hydrogens (tertiary/aromatic N) is 5. The maximum atomic E-state index is 5.15. The van der Waals surface area contributed by atoms with Crippen molar-refractivity contribution >= 4 is 11.8 Å². The van der Waals surface area contributed by atoms with Crippen molar-refractivity contribution < 1.29 is 4.52 Å². The molecule has 0 saturated carbocycles. The van der Waals surface area contributed by atoms with Crippen LogP contribution >= 0.6 is 11.8 Å². The maximum absolute atomic E-state index is 5.15. The first-order valence-corrected chi connectivity index (χ1v) is 9.17. The zero-order valence-electron chi connectivity index (χ0n) is 14.5. The number of pyridine rings is 1. The molecule has 0 saturated heterocycles. The molecule has 0 aliphatic rings. The molecule has 7 heteroatoms. The van der Waals surface area contributed by atoms with Gasteiger partial charge in [-0.3, -0.25) is 9.55 Å². The fourth-order valence-electron chi connectivity index (χ4n) is 2.68. The molecule has 0 radical (unpaired) electrons. The quantitative estimate of drug-likeness (QED) is 0.494. The minimum Gasteiger partial charge on any atom is -0.361 e. The Kier molecular flexibility index (Phi) is 4.53. The Morgan fingerprint density at radius 2 is 1.92 bits per heavy atom. The molecule has 3 heterocycles. The lowest BCUT2D eigenvalue weighted by Crippen LogP contribution is -2.02. The van der Waals surface area contributed by atoms with E-state index in [-0.39, 0.29) is 0 Å². The monoisotopic (exact) mass is 363 g/mol. The molecule has 0 aliphatic heterocycles. The largest absolute Gasteiger partial charge is 0.361 e. The average Bonchev–Trinajstić information content (AvgIpc) is 3.27. The Morgan fingerprint density at radius 1 is 1.04 bits per heavy atom. The number of aryl methyl sites for hydroxylation is 2. The van der Waals surface area contributed by atoms with Crippen LogP contribution in [0.4, 0.5) is 0 Å². The van der Waals surface area contributed by atoms with Crippen LogP contribution in [0.5, 0.6) is 0 Å². The fraction of sp³-hybridized carbons (Fsp3) is 0.158. The van der Waals surface area contributed by atoms with Crippen LogP contribution in [0, 0.1) is 13.8 Å². The number of hydrogen-bond acceptors (Lipinski definition) is 6. The van der Waals surface area contributed by atoms with E-state index < -0.39 is 0 Å². The van der Waals surface area contributed by atoms with Crippen molar-refractivity contribution in [2.24, 2.45) is 0 Å². The lowest BCUT2D eigenvalue weighted by Gasteiger charge is -2.12. The molecule has 0 N–H and O–H groups in total. The van der Waals surface area contributed by atoms with Crippen molar-refractivity contribution in [1.29, 1.82) is 0 Å². The molecule has 4 rings (SSSR count). The Balaban J connectivity index is 1.78. The number of rotatable bonds is 5. The molecule has 0 amide bonds. The molecular formula is C19H17N5OS. The van der Waals surface area contributed by atoms with Gasteiger partial charge in [-0.1, -0.05) is 35.1 Å². The number of thioether (sulfide) groups is 1. The van der Waals surface area contributed by atoms with Gasteiger partial charge in [0.2, 0.25) is 0 Å². The minimum atomic E-state index is 0.715. The number of aromatic nitrogens is 5. The molecule has 4 aromatic rings. The third kappa shape index (κ3) is 3.13. The van der Waals surface area contributed by atoms with Gasteiger partial charge in [0.1, 0.15) is 5.76 Å². The highest BCUT2D eigenvalue weighted by atomic mass is 32.2. The smallest absolute Gasteiger partial charge is 0.196 e. The molecule has 0 aliphatic carbocycles. The highest BCUT2D eigenvalue weighted by molar-refractivity contribution is 7.98. The van der Waals surface area contributed by atoms with Gasteiger partial charge in [-0.15, -0.1) is 10.2 Å². The predicted molar refractivity (Wildman–Crippen MR) is 100 cm³/mol. The van der Waals surface area contributed by atoms with Crippen molar-refractivity contribution in [3.05, 3.63) is 71.9 Å². The second-order valence-electron chi connectivity index (χ2n) is 5.87. The molecule has 0 spiro atoms. The summed E-state index contributed by atoms with van der Waals surface area (Å²) in [5, 5.41) is 13.5. The van der Waals surface area contributed by atoms with E-state index in [9.17, 15) is 0 Å². The van der Waals surface area contributed by atoms with Crippen LogP contribution in [0.15, 0.2) is 64.7 Å². The Morgan fingerprint density at radius 3 is 2.65 bits per heavy atom. The maximum Gasteiger partial charge on any atom is 0.196 e. The van der Waals surface area contributed by atoms with Gasteiger partial charge in [0, 0.05) is 29.3 Å². The molecule has 26 heavy (non-hydrogen) atoms. The molecule has 3 aromatic heterocycles. The first-order valence-electron chi connectivity index (χ1n) is 8.19. The van der Waals surface area contributed by atoms with Crippen LogP contribution in [-0.2, 0) is 5.75 Å². The van der Waals surface area contributed by atoms with Gasteiger partial charge in [-0.2, -0.15) is 0 Å². The fourth-order valence-corrected chi connectivity index (χ4v) is 3.65. The van der Waals surface area contributed by atoms with Gasteiger partial charge in [0.15, 0.2) is 11.0 Å². The number of para-hydroxylation sites is 1. The lowest BCUT2D eigenvalue weighted by atomic mass is 10.2. The van der Waals surface area contributed by atoms with E-state index in [2.05, 4.69) is 44.0 Å². The normalized spacial score (nSPS) is 11.0. The zero-order valence-corrected chi connectivity index (χ0v) is 15.3. The van der Waals surface area contributed by atoms with Crippen LogP contribution in [0.1, 0.15) is 16.9 Å². The van der Waals surface area contributed by atoms with E-state index in [4.69, 9.17) is 4.52 Å². The summed E-state index contributed by atoms with van der Waals surface area (Å²) in [4.78, 5) is 4.22. The van der Waals surface area contributed by atoms with Crippen molar-refractivity contribution in [3.8, 4) is 17.1 Å². The van der Waals surface area contributed by atoms with Crippen molar-refractivity contribution in [1.82, 2.24) is 24.9 Å². The molecule has 6 nitrogen and oxygen atoms in total. The second kappa shape index (κ2) is 7.13. The van der Waals surface area contributed by atoms with Gasteiger partial charge in [0.05, 0.1) is 11.9 Å². The highest BCUT2D eigenvalue weighted by Gasteiger charge is 2.18. The van der Waals surface area contributed by atoms with Gasteiger partial charge >= 0.3 is 0 Å². The zero-order chi connectivity index (χ0) is 17.9. The summed E-state index contributed by atoms with van der Waals surface area (Å²) in [7, 11) is 0. The van der Waals surface area contributed by atoms with Crippen LogP contribution in [0.3, 0.4) is 0 Å². The molecule has 130 valence electrons. The summed E-state index contributed by atoms with van der Waals surface area (Å²) in [6, 6.07) is 12.1. The average molecular weight is 363 g/mol. The van der Waals surface area contributed by atoms with Gasteiger partial charge < -0.3 is 4.52 Å². The Bertz CT molecular complexity index is 1030. The van der Waals surface area contributed by atoms with Crippen molar-refractivity contribution in [2.45, 2.75) is 24.8 Å². The summed E-state index contributed by atoms with van der Waals surface area (Å²) in [6.07, 6.45) is 5.30. The topological polar surface area (TPSA) is 69.6 Å². The SMILES string of the molecule is Cc1ccccc1-n1c(SCc2cnoc2C)nnc1-c1cccnc1. The highest BCUT2D eigenvalue weighted by Crippen LogP contribution is 2.31. The summed E-state index contributed by atoms with van der Waals surface area (Å²) >= 11 is 1.61. The summed E-state index contributed by atoms with van der Waals surface area (Å²) in [5.41, 5.74) is 4.19. The summed E-state index contributed by atoms with van der Waals surface area (Å²) in [6.45, 7) is 4.00. The standard InChI is InChI=1S/C19H17N5OS/c1-13-6-3-4-8-17(13)24-18(15-7-5-9-20-10-15)22-23-19(24)26-12-16-11-21-25-14(16)2/h3-11H,12H2,1-2H3. The molecule has 0 atom stereocenters. The van der Waals surface area contributed by atoms with E-state index in [1.807, 2.05) is 31.2 Å². The summed E-state index contributed by atoms with van der Waals surface area (Å²) in [5.74, 6) is 2.32. The van der Waals surface area contributed by atoms with E-state index >= 15 is 0 Å². The second-order valence-corrected chi connectivity index (χ2v) is 6.81. The Labute approximate surface area is 155 Å². The number of benzene rings is 1. The minimum absolute atomic E-state index is 0.715. The van der Waals surface area contributed by atoms with Crippen LogP contribution in [-0.4, -0.2) is 24.9 Å². The van der Waals surface area contributed by atoms with E-state index in [0.29, 0.717) is 5.75 Å². The van der Waals surface area contributed by atoms with Crippen molar-refractivity contribution in [2.75, 3.05) is 0 Å². The molecule has 1 aromatic carbocycles. The van der Waals surface area contributed by atoms with E-state index in [0.717, 1.165) is 39.1 Å². The van der Waals surface area contributed by atoms with Gasteiger partial charge in [-0.05, 0) is 37.6 Å². The van der Waals surface area contributed by atoms with Gasteiger partial charge in [-0.25, -0.2) is 0 Å². The van der Waals surface area contributed by atoms with Crippen molar-refractivity contribution in [3.63, 3.8) is 0 Å². The van der Waals surface area contributed by atoms with Gasteiger partial charge in [0.25, 0.3) is 0 Å². The van der Waals surface area contributed by atoms with Crippen LogP contribution in [0.2, 0.25) is 0 Å². The first kappa shape index (κ1) is 16.5. The summed E-state index contributed by atoms with van der Waals surface area (Å²) < 4.78 is 7.23. The lowest BCUT2D eigenvalue weighted by molar-refractivity contribution is 0.396. The molecule has 0 unspecified atom stereocenters. The molecule has 0 bridgehead atoms. The van der Waals surface area contributed by atoms with Crippen LogP contribution in [0.25, 0.3) is 17.1 Å². The Hall–Kier alpha value is -2.93. The molecular weight excluding hydrogens is 346 g/mol. The predicted octanol–water partition coefficient (Wildman–Crippen LogP) is 4.23. The van der Waals surface area contributed by atoms with E-state index in [1.54, 1.807) is 30.4 Å². The van der Waals surface area contributed by atoms with E-state index in [1.165, 1.54) is 0 Å². The first-order chi connectivity index (χ1) is 12.7. The molecule has 0 fully saturated rings. The number of hydrogen-bond donors (Lipinski definition) is 0.